The zero-order valence-electron chi connectivity index (χ0n) is 6.65. The predicted octanol–water partition coefficient (Wildman–Crippen LogP) is 1.89. The van der Waals surface area contributed by atoms with E-state index in [0.29, 0.717) is 16.6 Å². The molecule has 0 atom stereocenters. The van der Waals surface area contributed by atoms with E-state index in [9.17, 15) is 10.3 Å². The number of fused-ring (bicyclic) bond motifs is 1. The Morgan fingerprint density at radius 2 is 1.92 bits per heavy atom. The number of hydrogen-bond donors (Lipinski definition) is 2. The lowest BCUT2D eigenvalue weighted by Gasteiger charge is -1.94. The van der Waals surface area contributed by atoms with Crippen molar-refractivity contribution in [3.05, 3.63) is 30.0 Å². The molecule has 3 heteroatoms. The number of hydrogen-bond acceptors (Lipinski definition) is 2. The number of nitrogens with zero attached hydrogens (tertiary/aromatic N) is 1. The van der Waals surface area contributed by atoms with Gasteiger partial charge in [0.2, 0.25) is 0 Å². The molecule has 0 radical (unpaired) electrons. The summed E-state index contributed by atoms with van der Waals surface area (Å²) in [7, 11) is 0. The molecule has 62 valence electrons. The number of rotatable bonds is 0. The van der Waals surface area contributed by atoms with Crippen molar-refractivity contribution in [1.29, 1.82) is 0 Å². The van der Waals surface area contributed by atoms with E-state index in [-0.39, 0.29) is 5.75 Å². The van der Waals surface area contributed by atoms with Crippen molar-refractivity contribution < 1.29 is 10.3 Å². The van der Waals surface area contributed by atoms with E-state index in [2.05, 4.69) is 0 Å². The number of para-hydroxylation sites is 1. The van der Waals surface area contributed by atoms with Gasteiger partial charge in [-0.1, -0.05) is 12.1 Å². The van der Waals surface area contributed by atoms with E-state index >= 15 is 0 Å². The number of aromatic hydroxyl groups is 1. The highest BCUT2D eigenvalue weighted by Crippen LogP contribution is 2.29. The van der Waals surface area contributed by atoms with Crippen molar-refractivity contribution in [1.82, 2.24) is 4.73 Å². The Balaban J connectivity index is 2.99. The molecule has 1 heterocycles. The summed E-state index contributed by atoms with van der Waals surface area (Å²) in [6.45, 7) is 1.66. The standard InChI is InChI=1S/C9H9NO2/c1-6-9(11)7-4-2-3-5-8(7)10(6)12/h2-5,11-12H,1H3. The number of benzene rings is 1. The highest BCUT2D eigenvalue weighted by Gasteiger charge is 2.10. The second kappa shape index (κ2) is 2.17. The summed E-state index contributed by atoms with van der Waals surface area (Å²) in [5, 5.41) is 19.6. The minimum absolute atomic E-state index is 0.146. The Morgan fingerprint density at radius 1 is 1.25 bits per heavy atom. The molecule has 0 unspecified atom stereocenters. The van der Waals surface area contributed by atoms with Gasteiger partial charge in [-0.25, -0.2) is 0 Å². The molecule has 0 saturated carbocycles. The predicted molar refractivity (Wildman–Crippen MR) is 45.5 cm³/mol. The molecule has 0 amide bonds. The van der Waals surface area contributed by atoms with E-state index in [1.165, 1.54) is 0 Å². The van der Waals surface area contributed by atoms with Crippen LogP contribution in [0.15, 0.2) is 24.3 Å². The zero-order valence-corrected chi connectivity index (χ0v) is 6.65. The van der Waals surface area contributed by atoms with Crippen LogP contribution in [0.4, 0.5) is 0 Å². The molecule has 1 aromatic carbocycles. The van der Waals surface area contributed by atoms with Crippen LogP contribution in [0.3, 0.4) is 0 Å². The maximum atomic E-state index is 9.50. The van der Waals surface area contributed by atoms with Crippen LogP contribution in [0.1, 0.15) is 5.69 Å². The molecule has 0 aliphatic carbocycles. The van der Waals surface area contributed by atoms with E-state index in [0.717, 1.165) is 4.73 Å². The molecule has 0 saturated heterocycles. The van der Waals surface area contributed by atoms with Gasteiger partial charge in [-0.15, -0.1) is 0 Å². The molecule has 12 heavy (non-hydrogen) atoms. The smallest absolute Gasteiger partial charge is 0.147 e. The van der Waals surface area contributed by atoms with Crippen LogP contribution >= 0.6 is 0 Å². The van der Waals surface area contributed by atoms with Crippen molar-refractivity contribution in [3.8, 4) is 5.75 Å². The van der Waals surface area contributed by atoms with Crippen LogP contribution in [0.25, 0.3) is 10.9 Å². The van der Waals surface area contributed by atoms with E-state index < -0.39 is 0 Å². The minimum Gasteiger partial charge on any atom is -0.505 e. The van der Waals surface area contributed by atoms with Crippen LogP contribution in [0, 0.1) is 6.92 Å². The molecule has 0 spiro atoms. The topological polar surface area (TPSA) is 45.4 Å². The van der Waals surface area contributed by atoms with Gasteiger partial charge in [0, 0.05) is 5.39 Å². The Morgan fingerprint density at radius 3 is 2.58 bits per heavy atom. The summed E-state index contributed by atoms with van der Waals surface area (Å²) < 4.78 is 0.991. The van der Waals surface area contributed by atoms with Gasteiger partial charge in [-0.3, -0.25) is 0 Å². The van der Waals surface area contributed by atoms with E-state index in [4.69, 9.17) is 0 Å². The monoisotopic (exact) mass is 163 g/mol. The van der Waals surface area contributed by atoms with Crippen molar-refractivity contribution in [2.45, 2.75) is 6.92 Å². The third-order valence-electron chi connectivity index (χ3n) is 2.05. The first-order valence-corrected chi connectivity index (χ1v) is 3.70. The summed E-state index contributed by atoms with van der Waals surface area (Å²) in [6.07, 6.45) is 0. The first-order chi connectivity index (χ1) is 5.72. The van der Waals surface area contributed by atoms with Crippen molar-refractivity contribution in [2.75, 3.05) is 0 Å². The van der Waals surface area contributed by atoms with Crippen molar-refractivity contribution in [2.24, 2.45) is 0 Å². The van der Waals surface area contributed by atoms with E-state index in [1.807, 2.05) is 12.1 Å². The summed E-state index contributed by atoms with van der Waals surface area (Å²) in [6, 6.07) is 7.15. The lowest BCUT2D eigenvalue weighted by Crippen LogP contribution is -1.90. The van der Waals surface area contributed by atoms with E-state index in [1.54, 1.807) is 19.1 Å². The van der Waals surface area contributed by atoms with Crippen LogP contribution < -0.4 is 0 Å². The summed E-state index contributed by atoms with van der Waals surface area (Å²) in [5.41, 5.74) is 1.10. The van der Waals surface area contributed by atoms with Crippen molar-refractivity contribution in [3.63, 3.8) is 0 Å². The normalized spacial score (nSPS) is 10.8. The third kappa shape index (κ3) is 0.704. The zero-order chi connectivity index (χ0) is 8.72. The Bertz CT molecular complexity index is 392. The highest BCUT2D eigenvalue weighted by molar-refractivity contribution is 5.87. The molecule has 0 bridgehead atoms. The SMILES string of the molecule is Cc1c(O)c2ccccc2n1O. The third-order valence-corrected chi connectivity index (χ3v) is 2.05. The Kier molecular flexibility index (Phi) is 1.27. The molecule has 1 aromatic heterocycles. The fourth-order valence-corrected chi connectivity index (χ4v) is 1.33. The Hall–Kier alpha value is -1.64. The minimum atomic E-state index is 0.146. The van der Waals surface area contributed by atoms with Gasteiger partial charge < -0.3 is 10.3 Å². The van der Waals surface area contributed by atoms with Crippen LogP contribution in [0.5, 0.6) is 5.75 Å². The van der Waals surface area contributed by atoms with Gasteiger partial charge in [0.15, 0.2) is 0 Å². The van der Waals surface area contributed by atoms with Crippen LogP contribution in [0.2, 0.25) is 0 Å². The maximum Gasteiger partial charge on any atom is 0.147 e. The van der Waals surface area contributed by atoms with Crippen LogP contribution in [-0.2, 0) is 0 Å². The largest absolute Gasteiger partial charge is 0.505 e. The lowest BCUT2D eigenvalue weighted by molar-refractivity contribution is 0.191. The van der Waals surface area contributed by atoms with Gasteiger partial charge in [0.1, 0.15) is 5.75 Å². The quantitative estimate of drug-likeness (QED) is 0.582. The fraction of sp³-hybridized carbons (Fsp3) is 0.111. The number of aromatic nitrogens is 1. The molecule has 0 aliphatic rings. The first-order valence-electron chi connectivity index (χ1n) is 3.70. The molecule has 0 fully saturated rings. The first kappa shape index (κ1) is 7.03. The summed E-state index contributed by atoms with van der Waals surface area (Å²) >= 11 is 0. The summed E-state index contributed by atoms with van der Waals surface area (Å²) in [5.74, 6) is 0.146. The van der Waals surface area contributed by atoms with Crippen molar-refractivity contribution >= 4 is 10.9 Å². The molecule has 2 rings (SSSR count). The molecular formula is C9H9NO2. The van der Waals surface area contributed by atoms with Gasteiger partial charge in [0.05, 0.1) is 11.2 Å². The molecule has 3 nitrogen and oxygen atoms in total. The summed E-state index contributed by atoms with van der Waals surface area (Å²) in [4.78, 5) is 0. The van der Waals surface area contributed by atoms with Gasteiger partial charge in [-0.2, -0.15) is 4.73 Å². The van der Waals surface area contributed by atoms with Gasteiger partial charge in [-0.05, 0) is 19.1 Å². The molecule has 0 aliphatic heterocycles. The average Bonchev–Trinajstić information content (AvgIpc) is 2.33. The fourth-order valence-electron chi connectivity index (χ4n) is 1.33. The second-order valence-corrected chi connectivity index (χ2v) is 2.76. The molecule has 2 aromatic rings. The maximum absolute atomic E-state index is 9.50. The Labute approximate surface area is 69.4 Å². The molecule has 2 N–H and O–H groups in total. The molecular weight excluding hydrogens is 154 g/mol. The highest BCUT2D eigenvalue weighted by atomic mass is 16.5. The lowest BCUT2D eigenvalue weighted by atomic mass is 10.2. The van der Waals surface area contributed by atoms with Gasteiger partial charge in [0.25, 0.3) is 0 Å². The average molecular weight is 163 g/mol. The second-order valence-electron chi connectivity index (χ2n) is 2.76. The van der Waals surface area contributed by atoms with Gasteiger partial charge >= 0.3 is 0 Å². The van der Waals surface area contributed by atoms with Crippen LogP contribution in [-0.4, -0.2) is 15.0 Å².